The minimum Gasteiger partial charge on any atom is -0.464 e. The molecule has 1 aliphatic rings. The van der Waals surface area contributed by atoms with Crippen LogP contribution in [0.25, 0.3) is 44.5 Å². The number of esters is 2. The number of carbonyl (C=O) groups excluding carboxylic acids is 3. The van der Waals surface area contributed by atoms with Crippen molar-refractivity contribution < 1.29 is 23.9 Å². The lowest BCUT2D eigenvalue weighted by molar-refractivity contribution is -0.180. The van der Waals surface area contributed by atoms with E-state index in [0.29, 0.717) is 0 Å². The van der Waals surface area contributed by atoms with Crippen molar-refractivity contribution in [1.29, 1.82) is 0 Å². The predicted molar refractivity (Wildman–Crippen MR) is 184 cm³/mol. The Labute approximate surface area is 275 Å². The third-order valence-corrected chi connectivity index (χ3v) is 8.78. The van der Waals surface area contributed by atoms with Gasteiger partial charge in [-0.05, 0) is 69.5 Å². The Morgan fingerprint density at radius 2 is 0.894 bits per heavy atom. The molecular formula is C41H37NO5. The molecule has 1 amide bonds. The van der Waals surface area contributed by atoms with Gasteiger partial charge in [-0.25, -0.2) is 9.59 Å². The van der Waals surface area contributed by atoms with Gasteiger partial charge in [0.05, 0.1) is 13.2 Å². The first-order chi connectivity index (χ1) is 22.9. The van der Waals surface area contributed by atoms with Crippen molar-refractivity contribution in [3.8, 4) is 44.5 Å². The van der Waals surface area contributed by atoms with E-state index in [4.69, 9.17) is 9.47 Å². The zero-order valence-electron chi connectivity index (χ0n) is 26.9. The Balaban J connectivity index is 1.85. The van der Waals surface area contributed by atoms with E-state index in [1.165, 1.54) is 11.8 Å². The Bertz CT molecular complexity index is 1890. The number of fused-ring (bicyclic) bond motifs is 1. The van der Waals surface area contributed by atoms with Crippen LogP contribution in [0.4, 0.5) is 0 Å². The molecule has 0 bridgehead atoms. The second kappa shape index (κ2) is 13.5. The summed E-state index contributed by atoms with van der Waals surface area (Å²) in [6, 6.07) is 40.6. The monoisotopic (exact) mass is 623 g/mol. The molecule has 236 valence electrons. The van der Waals surface area contributed by atoms with Gasteiger partial charge in [0.2, 0.25) is 11.4 Å². The molecule has 0 aromatic heterocycles. The minimum absolute atomic E-state index is 0.00125. The summed E-state index contributed by atoms with van der Waals surface area (Å²) in [6.45, 7) is 4.85. The molecule has 47 heavy (non-hydrogen) atoms. The van der Waals surface area contributed by atoms with Crippen LogP contribution in [0.2, 0.25) is 0 Å². The smallest absolute Gasteiger partial charge is 0.344 e. The van der Waals surface area contributed by atoms with Crippen LogP contribution >= 0.6 is 0 Å². The van der Waals surface area contributed by atoms with E-state index in [2.05, 4.69) is 36.4 Å². The number of hydrogen-bond acceptors (Lipinski definition) is 5. The second-order valence-electron chi connectivity index (χ2n) is 11.5. The number of carbonyl (C=O) groups is 3. The normalized spacial score (nSPS) is 13.4. The quantitative estimate of drug-likeness (QED) is 0.129. The van der Waals surface area contributed by atoms with Crippen molar-refractivity contribution in [1.82, 2.24) is 4.90 Å². The van der Waals surface area contributed by atoms with Gasteiger partial charge < -0.3 is 14.4 Å². The average molecular weight is 624 g/mol. The summed E-state index contributed by atoms with van der Waals surface area (Å²) in [4.78, 5) is 43.1. The minimum atomic E-state index is -2.01. The van der Waals surface area contributed by atoms with Crippen LogP contribution in [-0.4, -0.2) is 41.5 Å². The van der Waals surface area contributed by atoms with Gasteiger partial charge in [-0.2, -0.15) is 0 Å². The maximum Gasteiger partial charge on any atom is 0.344 e. The van der Waals surface area contributed by atoms with Crippen LogP contribution in [0.15, 0.2) is 121 Å². The SMILES string of the molecule is CCOC(=O)C1(C(=O)OCC)Cc2c(c(-c3ccccc3)c(-c3ccccc3)c(-c3ccccc3)c2-c2ccccc2)CN1C(C)=O. The fourth-order valence-corrected chi connectivity index (χ4v) is 6.83. The molecule has 0 unspecified atom stereocenters. The highest BCUT2D eigenvalue weighted by Gasteiger charge is 2.58. The molecule has 1 heterocycles. The number of hydrogen-bond donors (Lipinski definition) is 0. The Morgan fingerprint density at radius 1 is 0.553 bits per heavy atom. The number of rotatable bonds is 8. The summed E-state index contributed by atoms with van der Waals surface area (Å²) < 4.78 is 11.2. The molecule has 0 radical (unpaired) electrons. The predicted octanol–water partition coefficient (Wildman–Crippen LogP) is 8.12. The van der Waals surface area contributed by atoms with E-state index < -0.39 is 23.4 Å². The van der Waals surface area contributed by atoms with Crippen LogP contribution in [-0.2, 0) is 36.8 Å². The molecule has 0 aliphatic carbocycles. The van der Waals surface area contributed by atoms with E-state index in [1.54, 1.807) is 13.8 Å². The summed E-state index contributed by atoms with van der Waals surface area (Å²) in [6.07, 6.45) is -0.113. The molecule has 1 aliphatic heterocycles. The number of nitrogens with zero attached hydrogens (tertiary/aromatic N) is 1. The molecule has 0 fully saturated rings. The Kier molecular flexibility index (Phi) is 9.03. The molecule has 6 heteroatoms. The maximum atomic E-state index is 14.1. The Morgan fingerprint density at radius 3 is 1.23 bits per heavy atom. The van der Waals surface area contributed by atoms with Crippen LogP contribution in [0, 0.1) is 0 Å². The zero-order chi connectivity index (χ0) is 33.0. The lowest BCUT2D eigenvalue weighted by Crippen LogP contribution is -2.65. The molecule has 5 aromatic carbocycles. The summed E-state index contributed by atoms with van der Waals surface area (Å²) >= 11 is 0. The first kappa shape index (κ1) is 31.5. The van der Waals surface area contributed by atoms with Gasteiger partial charge in [-0.1, -0.05) is 121 Å². The summed E-state index contributed by atoms with van der Waals surface area (Å²) in [5.74, 6) is -2.02. The largest absolute Gasteiger partial charge is 0.464 e. The van der Waals surface area contributed by atoms with Gasteiger partial charge in [0.25, 0.3) is 0 Å². The van der Waals surface area contributed by atoms with E-state index in [1.807, 2.05) is 84.9 Å². The summed E-state index contributed by atoms with van der Waals surface area (Å²) in [5, 5.41) is 0. The highest BCUT2D eigenvalue weighted by molar-refractivity contribution is 6.11. The highest BCUT2D eigenvalue weighted by Crippen LogP contribution is 2.53. The second-order valence-corrected chi connectivity index (χ2v) is 11.5. The molecule has 0 saturated carbocycles. The van der Waals surface area contributed by atoms with Crippen molar-refractivity contribution >= 4 is 17.8 Å². The Hall–Kier alpha value is -5.49. The van der Waals surface area contributed by atoms with Crippen LogP contribution in [0.3, 0.4) is 0 Å². The molecule has 0 N–H and O–H groups in total. The molecule has 0 saturated heterocycles. The third kappa shape index (κ3) is 5.61. The lowest BCUT2D eigenvalue weighted by Gasteiger charge is -2.45. The van der Waals surface area contributed by atoms with Gasteiger partial charge in [-0.15, -0.1) is 0 Å². The third-order valence-electron chi connectivity index (χ3n) is 8.78. The number of ether oxygens (including phenoxy) is 2. The standard InChI is InChI=1S/C41H37NO5/c1-4-46-39(44)41(40(45)47-5-2)26-33-34(27-42(41)28(3)43)36(30-20-12-7-13-21-30)38(32-24-16-9-17-25-32)37(31-22-14-8-15-23-31)35(33)29-18-10-6-11-19-29/h6-25H,4-5,26-27H2,1-3H3. The highest BCUT2D eigenvalue weighted by atomic mass is 16.6. The topological polar surface area (TPSA) is 72.9 Å². The fraction of sp³-hybridized carbons (Fsp3) is 0.195. The summed E-state index contributed by atoms with van der Waals surface area (Å²) in [5.41, 5.74) is 7.35. The first-order valence-electron chi connectivity index (χ1n) is 16.0. The fourth-order valence-electron chi connectivity index (χ4n) is 6.83. The molecule has 6 rings (SSSR count). The van der Waals surface area contributed by atoms with Gasteiger partial charge in [0.1, 0.15) is 0 Å². The molecule has 0 atom stereocenters. The van der Waals surface area contributed by atoms with E-state index in [9.17, 15) is 14.4 Å². The molecule has 5 aromatic rings. The molecule has 0 spiro atoms. The molecular weight excluding hydrogens is 586 g/mol. The van der Waals surface area contributed by atoms with Gasteiger partial charge >= 0.3 is 11.9 Å². The van der Waals surface area contributed by atoms with E-state index >= 15 is 0 Å². The zero-order valence-corrected chi connectivity index (χ0v) is 26.9. The van der Waals surface area contributed by atoms with Crippen molar-refractivity contribution in [3.05, 3.63) is 132 Å². The molecule has 6 nitrogen and oxygen atoms in total. The van der Waals surface area contributed by atoms with E-state index in [-0.39, 0.29) is 26.2 Å². The van der Waals surface area contributed by atoms with E-state index in [0.717, 1.165) is 55.6 Å². The van der Waals surface area contributed by atoms with Crippen LogP contribution < -0.4 is 0 Å². The number of benzene rings is 5. The van der Waals surface area contributed by atoms with Crippen molar-refractivity contribution in [2.75, 3.05) is 13.2 Å². The summed E-state index contributed by atoms with van der Waals surface area (Å²) in [7, 11) is 0. The lowest BCUT2D eigenvalue weighted by atomic mass is 9.71. The average Bonchev–Trinajstić information content (AvgIpc) is 3.11. The number of amides is 1. The van der Waals surface area contributed by atoms with Gasteiger partial charge in [0, 0.05) is 19.9 Å². The van der Waals surface area contributed by atoms with Crippen LogP contribution in [0.5, 0.6) is 0 Å². The first-order valence-corrected chi connectivity index (χ1v) is 16.0. The van der Waals surface area contributed by atoms with Crippen molar-refractivity contribution in [2.45, 2.75) is 39.3 Å². The maximum absolute atomic E-state index is 14.1. The van der Waals surface area contributed by atoms with Crippen molar-refractivity contribution in [3.63, 3.8) is 0 Å². The van der Waals surface area contributed by atoms with Gasteiger partial charge in [-0.3, -0.25) is 4.79 Å². The van der Waals surface area contributed by atoms with Crippen LogP contribution in [0.1, 0.15) is 31.9 Å². The van der Waals surface area contributed by atoms with Crippen molar-refractivity contribution in [2.24, 2.45) is 0 Å². The van der Waals surface area contributed by atoms with Gasteiger partial charge in [0.15, 0.2) is 0 Å².